The molecule has 2 aromatic rings. The van der Waals surface area contributed by atoms with E-state index in [0.717, 1.165) is 20.3 Å². The third-order valence-corrected chi connectivity index (χ3v) is 4.10. The van der Waals surface area contributed by atoms with Gasteiger partial charge in [0.2, 0.25) is 5.91 Å². The van der Waals surface area contributed by atoms with E-state index in [0.29, 0.717) is 5.75 Å². The molecule has 0 heterocycles. The Morgan fingerprint density at radius 1 is 1.14 bits per heavy atom. The number of nitrogens with one attached hydrogen (secondary N) is 2. The van der Waals surface area contributed by atoms with Crippen molar-refractivity contribution < 1.29 is 9.53 Å². The first-order chi connectivity index (χ1) is 10.1. The van der Waals surface area contributed by atoms with Crippen molar-refractivity contribution >= 4 is 49.1 Å². The number of halogens is 2. The van der Waals surface area contributed by atoms with Gasteiger partial charge in [0.1, 0.15) is 5.75 Å². The first kappa shape index (κ1) is 15.9. The minimum atomic E-state index is -0.121. The fourth-order valence-corrected chi connectivity index (χ4v) is 2.50. The van der Waals surface area contributed by atoms with Crippen molar-refractivity contribution in [1.82, 2.24) is 0 Å². The minimum Gasteiger partial charge on any atom is -0.495 e. The Balaban J connectivity index is 1.94. The molecule has 0 aliphatic heterocycles. The summed E-state index contributed by atoms with van der Waals surface area (Å²) in [5.74, 6) is 0.593. The second kappa shape index (κ2) is 7.47. The molecule has 0 radical (unpaired) electrons. The standard InChI is InChI=1S/C15H14Br2N2O2/c1-21-14-8-10(6-7-12(14)17)18-9-15(20)19-13-5-3-2-4-11(13)16/h2-8,18H,9H2,1H3,(H,19,20). The summed E-state index contributed by atoms with van der Waals surface area (Å²) >= 11 is 6.78. The van der Waals surface area contributed by atoms with Crippen LogP contribution in [-0.4, -0.2) is 19.6 Å². The minimum absolute atomic E-state index is 0.121. The van der Waals surface area contributed by atoms with E-state index in [1.807, 2.05) is 42.5 Å². The molecule has 6 heteroatoms. The molecule has 0 aliphatic carbocycles. The lowest BCUT2D eigenvalue weighted by atomic mass is 10.3. The number of anilines is 2. The van der Waals surface area contributed by atoms with E-state index in [1.54, 1.807) is 7.11 Å². The Labute approximate surface area is 140 Å². The average Bonchev–Trinajstić information content (AvgIpc) is 2.49. The number of para-hydroxylation sites is 1. The number of rotatable bonds is 5. The number of methoxy groups -OCH3 is 1. The Kier molecular flexibility index (Phi) is 5.64. The molecule has 2 rings (SSSR count). The number of hydrogen-bond acceptors (Lipinski definition) is 3. The van der Waals surface area contributed by atoms with E-state index in [9.17, 15) is 4.79 Å². The first-order valence-corrected chi connectivity index (χ1v) is 7.80. The summed E-state index contributed by atoms with van der Waals surface area (Å²) in [4.78, 5) is 11.9. The number of amides is 1. The fraction of sp³-hybridized carbons (Fsp3) is 0.133. The molecule has 0 bridgehead atoms. The van der Waals surface area contributed by atoms with Gasteiger partial charge in [0, 0.05) is 16.2 Å². The zero-order chi connectivity index (χ0) is 15.2. The maximum Gasteiger partial charge on any atom is 0.243 e. The van der Waals surface area contributed by atoms with Crippen LogP contribution in [0.3, 0.4) is 0 Å². The van der Waals surface area contributed by atoms with Gasteiger partial charge in [-0.2, -0.15) is 0 Å². The van der Waals surface area contributed by atoms with Gasteiger partial charge in [0.05, 0.1) is 23.8 Å². The van der Waals surface area contributed by atoms with Crippen molar-refractivity contribution in [2.24, 2.45) is 0 Å². The zero-order valence-corrected chi connectivity index (χ0v) is 14.5. The second-order valence-corrected chi connectivity index (χ2v) is 5.94. The Bertz CT molecular complexity index is 647. The van der Waals surface area contributed by atoms with Gasteiger partial charge in [-0.05, 0) is 56.1 Å². The summed E-state index contributed by atoms with van der Waals surface area (Å²) in [5, 5.41) is 5.89. The molecule has 2 N–H and O–H groups in total. The number of carbonyl (C=O) groups excluding carboxylic acids is 1. The molecule has 0 atom stereocenters. The third kappa shape index (κ3) is 4.47. The van der Waals surface area contributed by atoms with E-state index in [2.05, 4.69) is 42.5 Å². The highest BCUT2D eigenvalue weighted by molar-refractivity contribution is 9.11. The van der Waals surface area contributed by atoms with Crippen LogP contribution in [0.4, 0.5) is 11.4 Å². The molecule has 0 unspecified atom stereocenters. The molecule has 4 nitrogen and oxygen atoms in total. The maximum absolute atomic E-state index is 11.9. The lowest BCUT2D eigenvalue weighted by molar-refractivity contribution is -0.114. The van der Waals surface area contributed by atoms with Gasteiger partial charge in [-0.1, -0.05) is 12.1 Å². The molecule has 0 aliphatic rings. The number of hydrogen-bond donors (Lipinski definition) is 2. The van der Waals surface area contributed by atoms with Crippen LogP contribution in [0.1, 0.15) is 0 Å². The highest BCUT2D eigenvalue weighted by Crippen LogP contribution is 2.27. The number of carbonyl (C=O) groups is 1. The summed E-state index contributed by atoms with van der Waals surface area (Å²) < 4.78 is 6.93. The monoisotopic (exact) mass is 412 g/mol. The predicted molar refractivity (Wildman–Crippen MR) is 92.0 cm³/mol. The molecule has 0 saturated carbocycles. The normalized spacial score (nSPS) is 10.0. The van der Waals surface area contributed by atoms with Gasteiger partial charge in [-0.3, -0.25) is 4.79 Å². The van der Waals surface area contributed by atoms with Crippen LogP contribution in [0.15, 0.2) is 51.4 Å². The van der Waals surface area contributed by atoms with E-state index < -0.39 is 0 Å². The lowest BCUT2D eigenvalue weighted by Crippen LogP contribution is -2.21. The molecule has 0 spiro atoms. The SMILES string of the molecule is COc1cc(NCC(=O)Nc2ccccc2Br)ccc1Br. The molecule has 0 saturated heterocycles. The summed E-state index contributed by atoms with van der Waals surface area (Å²) in [6, 6.07) is 13.0. The smallest absolute Gasteiger partial charge is 0.243 e. The third-order valence-electron chi connectivity index (χ3n) is 2.75. The molecular formula is C15H14Br2N2O2. The van der Waals surface area contributed by atoms with Crippen molar-refractivity contribution in [2.75, 3.05) is 24.3 Å². The van der Waals surface area contributed by atoms with E-state index in [-0.39, 0.29) is 12.5 Å². The van der Waals surface area contributed by atoms with Gasteiger partial charge >= 0.3 is 0 Å². The number of ether oxygens (including phenoxy) is 1. The fourth-order valence-electron chi connectivity index (χ4n) is 1.71. The van der Waals surface area contributed by atoms with Gasteiger partial charge < -0.3 is 15.4 Å². The lowest BCUT2D eigenvalue weighted by Gasteiger charge is -2.10. The van der Waals surface area contributed by atoms with Gasteiger partial charge in [0.25, 0.3) is 0 Å². The highest BCUT2D eigenvalue weighted by atomic mass is 79.9. The second-order valence-electron chi connectivity index (χ2n) is 4.23. The first-order valence-electron chi connectivity index (χ1n) is 6.22. The average molecular weight is 414 g/mol. The Morgan fingerprint density at radius 3 is 2.62 bits per heavy atom. The van der Waals surface area contributed by atoms with Crippen LogP contribution in [-0.2, 0) is 4.79 Å². The van der Waals surface area contributed by atoms with Crippen molar-refractivity contribution in [3.8, 4) is 5.75 Å². The van der Waals surface area contributed by atoms with Crippen molar-refractivity contribution in [2.45, 2.75) is 0 Å². The highest BCUT2D eigenvalue weighted by Gasteiger charge is 2.06. The topological polar surface area (TPSA) is 50.4 Å². The van der Waals surface area contributed by atoms with Crippen molar-refractivity contribution in [3.63, 3.8) is 0 Å². The van der Waals surface area contributed by atoms with Crippen LogP contribution in [0.5, 0.6) is 5.75 Å². The van der Waals surface area contributed by atoms with E-state index >= 15 is 0 Å². The maximum atomic E-state index is 11.9. The van der Waals surface area contributed by atoms with E-state index in [4.69, 9.17) is 4.74 Å². The van der Waals surface area contributed by atoms with E-state index in [1.165, 1.54) is 0 Å². The molecular weight excluding hydrogens is 400 g/mol. The molecule has 21 heavy (non-hydrogen) atoms. The largest absolute Gasteiger partial charge is 0.495 e. The van der Waals surface area contributed by atoms with Crippen LogP contribution in [0.25, 0.3) is 0 Å². The van der Waals surface area contributed by atoms with Crippen molar-refractivity contribution in [1.29, 1.82) is 0 Å². The zero-order valence-electron chi connectivity index (χ0n) is 11.3. The summed E-state index contributed by atoms with van der Waals surface area (Å²) in [6.45, 7) is 0.173. The molecule has 110 valence electrons. The predicted octanol–water partition coefficient (Wildman–Crippen LogP) is 4.27. The molecule has 0 fully saturated rings. The quantitative estimate of drug-likeness (QED) is 0.769. The summed E-state index contributed by atoms with van der Waals surface area (Å²) in [6.07, 6.45) is 0. The van der Waals surface area contributed by atoms with Crippen LogP contribution in [0.2, 0.25) is 0 Å². The van der Waals surface area contributed by atoms with Crippen LogP contribution >= 0.6 is 31.9 Å². The summed E-state index contributed by atoms with van der Waals surface area (Å²) in [7, 11) is 1.60. The molecule has 2 aromatic carbocycles. The summed E-state index contributed by atoms with van der Waals surface area (Å²) in [5.41, 5.74) is 1.56. The van der Waals surface area contributed by atoms with Crippen LogP contribution in [0, 0.1) is 0 Å². The van der Waals surface area contributed by atoms with Crippen molar-refractivity contribution in [3.05, 3.63) is 51.4 Å². The van der Waals surface area contributed by atoms with Gasteiger partial charge in [-0.25, -0.2) is 0 Å². The van der Waals surface area contributed by atoms with Gasteiger partial charge in [-0.15, -0.1) is 0 Å². The van der Waals surface area contributed by atoms with Crippen LogP contribution < -0.4 is 15.4 Å². The molecule has 1 amide bonds. The molecule has 0 aromatic heterocycles. The Morgan fingerprint density at radius 2 is 1.90 bits per heavy atom. The van der Waals surface area contributed by atoms with Gasteiger partial charge in [0.15, 0.2) is 0 Å². The Hall–Kier alpha value is -1.53. The number of benzene rings is 2.